The van der Waals surface area contributed by atoms with Gasteiger partial charge in [-0.05, 0) is 19.4 Å². The van der Waals surface area contributed by atoms with Crippen molar-refractivity contribution in [3.05, 3.63) is 29.8 Å². The zero-order valence-corrected chi connectivity index (χ0v) is 8.86. The van der Waals surface area contributed by atoms with Gasteiger partial charge in [-0.2, -0.15) is 0 Å². The van der Waals surface area contributed by atoms with E-state index in [1.54, 1.807) is 0 Å². The van der Waals surface area contributed by atoms with E-state index in [4.69, 9.17) is 10.5 Å². The van der Waals surface area contributed by atoms with Crippen LogP contribution in [0.3, 0.4) is 0 Å². The lowest BCUT2D eigenvalue weighted by molar-refractivity contribution is 0.332. The third-order valence-electron chi connectivity index (χ3n) is 2.53. The van der Waals surface area contributed by atoms with Gasteiger partial charge in [-0.15, -0.1) is 0 Å². The first-order chi connectivity index (χ1) is 7.31. The van der Waals surface area contributed by atoms with Crippen LogP contribution in [-0.4, -0.2) is 12.8 Å². The van der Waals surface area contributed by atoms with E-state index in [0.717, 1.165) is 12.2 Å². The largest absolute Gasteiger partial charge is 0.494 e. The number of hydrogen-bond donors (Lipinski definition) is 3. The number of nitrogens with one attached hydrogen (secondary N) is 2. The molecule has 4 heteroatoms. The fourth-order valence-corrected chi connectivity index (χ4v) is 1.84. The molecular formula is C11H17N3O. The zero-order chi connectivity index (χ0) is 10.7. The van der Waals surface area contributed by atoms with Crippen LogP contribution in [0.4, 0.5) is 0 Å². The second kappa shape index (κ2) is 4.61. The number of para-hydroxylation sites is 1. The summed E-state index contributed by atoms with van der Waals surface area (Å²) in [5.41, 5.74) is 13.1. The smallest absolute Gasteiger partial charge is 0.124 e. The quantitative estimate of drug-likeness (QED) is 0.689. The van der Waals surface area contributed by atoms with Crippen molar-refractivity contribution in [2.24, 2.45) is 5.73 Å². The molecule has 15 heavy (non-hydrogen) atoms. The Kier molecular flexibility index (Phi) is 3.20. The van der Waals surface area contributed by atoms with Gasteiger partial charge in [0.1, 0.15) is 5.75 Å². The number of rotatable bonds is 3. The van der Waals surface area contributed by atoms with E-state index < -0.39 is 0 Å². The summed E-state index contributed by atoms with van der Waals surface area (Å²) in [6.45, 7) is 2.67. The molecule has 0 amide bonds. The molecule has 1 aromatic carbocycles. The molecule has 1 fully saturated rings. The van der Waals surface area contributed by atoms with Crippen molar-refractivity contribution >= 4 is 0 Å². The Morgan fingerprint density at radius 1 is 1.40 bits per heavy atom. The fraction of sp³-hybridized carbons (Fsp3) is 0.455. The molecule has 0 aromatic heterocycles. The van der Waals surface area contributed by atoms with Gasteiger partial charge >= 0.3 is 0 Å². The van der Waals surface area contributed by atoms with Gasteiger partial charge in [0.05, 0.1) is 18.8 Å². The lowest BCUT2D eigenvalue weighted by atomic mass is 10.0. The van der Waals surface area contributed by atoms with Gasteiger partial charge in [-0.3, -0.25) is 0 Å². The van der Waals surface area contributed by atoms with Gasteiger partial charge in [-0.25, -0.2) is 10.9 Å². The van der Waals surface area contributed by atoms with Crippen molar-refractivity contribution in [1.82, 2.24) is 10.9 Å². The summed E-state index contributed by atoms with van der Waals surface area (Å²) >= 11 is 0. The average Bonchev–Trinajstić information content (AvgIpc) is 2.66. The first-order valence-electron chi connectivity index (χ1n) is 5.29. The Labute approximate surface area is 89.8 Å². The second-order valence-corrected chi connectivity index (χ2v) is 3.65. The van der Waals surface area contributed by atoms with Gasteiger partial charge in [-0.1, -0.05) is 18.2 Å². The summed E-state index contributed by atoms with van der Waals surface area (Å²) in [5, 5.41) is 0. The molecule has 2 unspecified atom stereocenters. The van der Waals surface area contributed by atoms with Gasteiger partial charge in [0, 0.05) is 5.56 Å². The topological polar surface area (TPSA) is 59.3 Å². The maximum absolute atomic E-state index is 5.77. The highest BCUT2D eigenvalue weighted by Gasteiger charge is 2.24. The van der Waals surface area contributed by atoms with Crippen LogP contribution < -0.4 is 21.3 Å². The summed E-state index contributed by atoms with van der Waals surface area (Å²) in [5.74, 6) is 0.938. The minimum Gasteiger partial charge on any atom is -0.494 e. The molecular weight excluding hydrogens is 190 g/mol. The van der Waals surface area contributed by atoms with Crippen LogP contribution in [0.2, 0.25) is 0 Å². The van der Waals surface area contributed by atoms with Crippen LogP contribution in [0, 0.1) is 0 Å². The second-order valence-electron chi connectivity index (χ2n) is 3.65. The first-order valence-corrected chi connectivity index (χ1v) is 5.29. The molecule has 2 rings (SSSR count). The number of hydrazine groups is 1. The van der Waals surface area contributed by atoms with Crippen molar-refractivity contribution in [3.63, 3.8) is 0 Å². The summed E-state index contributed by atoms with van der Waals surface area (Å²) in [7, 11) is 0. The Morgan fingerprint density at radius 3 is 2.87 bits per heavy atom. The van der Waals surface area contributed by atoms with Crippen LogP contribution in [0.25, 0.3) is 0 Å². The van der Waals surface area contributed by atoms with Crippen molar-refractivity contribution in [1.29, 1.82) is 0 Å². The molecule has 1 aliphatic heterocycles. The average molecular weight is 207 g/mol. The van der Waals surface area contributed by atoms with E-state index in [2.05, 4.69) is 16.9 Å². The number of hydrogen-bond acceptors (Lipinski definition) is 4. The van der Waals surface area contributed by atoms with Gasteiger partial charge < -0.3 is 10.5 Å². The van der Waals surface area contributed by atoms with Crippen molar-refractivity contribution in [2.45, 2.75) is 25.6 Å². The molecule has 0 saturated carbocycles. The predicted molar refractivity (Wildman–Crippen MR) is 59.2 cm³/mol. The lowest BCUT2D eigenvalue weighted by Gasteiger charge is -2.14. The monoisotopic (exact) mass is 207 g/mol. The van der Waals surface area contributed by atoms with Crippen LogP contribution in [0.15, 0.2) is 24.3 Å². The Bertz CT molecular complexity index is 329. The van der Waals surface area contributed by atoms with E-state index in [1.165, 1.54) is 5.56 Å². The molecule has 82 valence electrons. The van der Waals surface area contributed by atoms with Crippen LogP contribution in [0.1, 0.15) is 24.9 Å². The Balaban J connectivity index is 2.19. The van der Waals surface area contributed by atoms with Crippen LogP contribution in [-0.2, 0) is 0 Å². The normalized spacial score (nSPS) is 25.5. The molecule has 1 aromatic rings. The molecule has 1 heterocycles. The number of benzene rings is 1. The van der Waals surface area contributed by atoms with Crippen molar-refractivity contribution in [2.75, 3.05) is 6.61 Å². The predicted octanol–water partition coefficient (Wildman–Crippen LogP) is 0.909. The molecule has 0 radical (unpaired) electrons. The van der Waals surface area contributed by atoms with E-state index in [9.17, 15) is 0 Å². The molecule has 0 aliphatic carbocycles. The molecule has 4 N–H and O–H groups in total. The Morgan fingerprint density at radius 2 is 2.20 bits per heavy atom. The van der Waals surface area contributed by atoms with E-state index in [-0.39, 0.29) is 12.2 Å². The van der Waals surface area contributed by atoms with Gasteiger partial charge in [0.2, 0.25) is 0 Å². The highest BCUT2D eigenvalue weighted by atomic mass is 16.5. The minimum atomic E-state index is 0.0182. The van der Waals surface area contributed by atoms with Crippen molar-refractivity contribution < 1.29 is 4.74 Å². The zero-order valence-electron chi connectivity index (χ0n) is 8.86. The van der Waals surface area contributed by atoms with E-state index in [1.807, 2.05) is 25.1 Å². The van der Waals surface area contributed by atoms with E-state index >= 15 is 0 Å². The van der Waals surface area contributed by atoms with Gasteiger partial charge in [0.15, 0.2) is 0 Å². The Hall–Kier alpha value is -1.10. The fourth-order valence-electron chi connectivity index (χ4n) is 1.84. The summed E-state index contributed by atoms with van der Waals surface area (Å²) in [4.78, 5) is 0. The number of nitrogens with two attached hydrogens (primary N) is 1. The highest BCUT2D eigenvalue weighted by Crippen LogP contribution is 2.29. The molecule has 2 atom stereocenters. The third-order valence-corrected chi connectivity index (χ3v) is 2.53. The maximum atomic E-state index is 5.77. The summed E-state index contributed by atoms with van der Waals surface area (Å²) in [6.07, 6.45) is 0.897. The molecule has 0 spiro atoms. The van der Waals surface area contributed by atoms with Crippen molar-refractivity contribution in [3.8, 4) is 5.75 Å². The summed E-state index contributed by atoms with van der Waals surface area (Å²) in [6, 6.07) is 8.30. The van der Waals surface area contributed by atoms with Crippen LogP contribution >= 0.6 is 0 Å². The van der Waals surface area contributed by atoms with E-state index in [0.29, 0.717) is 6.61 Å². The standard InChI is InChI=1S/C11H17N3O/c1-2-15-10-6-4-3-5-8(10)9-7-11(12)14-13-9/h3-6,9,11,13-14H,2,7,12H2,1H3. The SMILES string of the molecule is CCOc1ccccc1C1CC(N)NN1. The molecule has 1 aliphatic rings. The maximum Gasteiger partial charge on any atom is 0.124 e. The minimum absolute atomic E-state index is 0.0182. The molecule has 0 bridgehead atoms. The third kappa shape index (κ3) is 2.28. The summed E-state index contributed by atoms with van der Waals surface area (Å²) < 4.78 is 5.58. The van der Waals surface area contributed by atoms with Gasteiger partial charge in [0.25, 0.3) is 0 Å². The molecule has 4 nitrogen and oxygen atoms in total. The number of ether oxygens (including phenoxy) is 1. The lowest BCUT2D eigenvalue weighted by Crippen LogP contribution is -2.36. The molecule has 1 saturated heterocycles. The first kappa shape index (κ1) is 10.4. The highest BCUT2D eigenvalue weighted by molar-refractivity contribution is 5.36. The van der Waals surface area contributed by atoms with Crippen LogP contribution in [0.5, 0.6) is 5.75 Å².